The van der Waals surface area contributed by atoms with E-state index in [1.54, 1.807) is 23.1 Å². The van der Waals surface area contributed by atoms with E-state index in [4.69, 9.17) is 0 Å². The molecule has 116 valence electrons. The van der Waals surface area contributed by atoms with Crippen molar-refractivity contribution < 1.29 is 4.79 Å². The largest absolute Gasteiger partial charge is 0.351 e. The Hall–Kier alpha value is -1.33. The van der Waals surface area contributed by atoms with Gasteiger partial charge in [-0.15, -0.1) is 23.1 Å². The summed E-state index contributed by atoms with van der Waals surface area (Å²) >= 11 is 3.50. The molecule has 0 unspecified atom stereocenters. The second-order valence-corrected chi connectivity index (χ2v) is 7.79. The number of amides is 1. The molecule has 0 aliphatic heterocycles. The van der Waals surface area contributed by atoms with Gasteiger partial charge in [-0.25, -0.2) is 0 Å². The van der Waals surface area contributed by atoms with Crippen LogP contribution in [0.3, 0.4) is 0 Å². The summed E-state index contributed by atoms with van der Waals surface area (Å²) in [6.45, 7) is 0.552. The quantitative estimate of drug-likeness (QED) is 0.866. The van der Waals surface area contributed by atoms with E-state index in [-0.39, 0.29) is 5.91 Å². The maximum absolute atomic E-state index is 11.9. The zero-order valence-electron chi connectivity index (χ0n) is 12.5. The number of rotatable bonds is 6. The molecule has 2 heterocycles. The molecule has 3 rings (SSSR count). The van der Waals surface area contributed by atoms with Crippen molar-refractivity contribution in [2.45, 2.75) is 37.5 Å². The van der Waals surface area contributed by atoms with E-state index < -0.39 is 0 Å². The van der Waals surface area contributed by atoms with E-state index in [0.29, 0.717) is 17.5 Å². The summed E-state index contributed by atoms with van der Waals surface area (Å²) in [7, 11) is 0. The summed E-state index contributed by atoms with van der Waals surface area (Å²) in [6, 6.07) is 6.22. The molecule has 2 aromatic heterocycles. The van der Waals surface area contributed by atoms with Crippen molar-refractivity contribution in [3.05, 3.63) is 41.5 Å². The van der Waals surface area contributed by atoms with Crippen LogP contribution in [0, 0.1) is 0 Å². The number of hydrogen-bond acceptors (Lipinski definition) is 4. The van der Waals surface area contributed by atoms with Gasteiger partial charge in [-0.2, -0.15) is 0 Å². The lowest BCUT2D eigenvalue weighted by molar-refractivity contribution is -0.118. The normalized spacial score (nSPS) is 15.1. The van der Waals surface area contributed by atoms with Gasteiger partial charge in [-0.05, 0) is 35.9 Å². The highest BCUT2D eigenvalue weighted by molar-refractivity contribution is 8.00. The van der Waals surface area contributed by atoms with Crippen LogP contribution in [0.5, 0.6) is 0 Å². The van der Waals surface area contributed by atoms with Crippen LogP contribution in [-0.2, 0) is 11.3 Å². The van der Waals surface area contributed by atoms with E-state index in [1.165, 1.54) is 30.6 Å². The summed E-state index contributed by atoms with van der Waals surface area (Å²) in [6.07, 6.45) is 8.87. The molecule has 0 saturated heterocycles. The van der Waals surface area contributed by atoms with Crippen LogP contribution < -0.4 is 5.32 Å². The monoisotopic (exact) mass is 332 g/mol. The number of aromatic nitrogens is 1. The smallest absolute Gasteiger partial charge is 0.230 e. The molecule has 0 aromatic carbocycles. The lowest BCUT2D eigenvalue weighted by atomic mass is 10.2. The molecule has 0 spiro atoms. The van der Waals surface area contributed by atoms with Crippen LogP contribution in [-0.4, -0.2) is 21.9 Å². The van der Waals surface area contributed by atoms with E-state index in [2.05, 4.69) is 27.8 Å². The first kappa shape index (κ1) is 15.6. The Morgan fingerprint density at radius 1 is 1.36 bits per heavy atom. The molecule has 5 heteroatoms. The topological polar surface area (TPSA) is 42.0 Å². The first-order valence-corrected chi connectivity index (χ1v) is 9.60. The fraction of sp³-hybridized carbons (Fsp3) is 0.412. The van der Waals surface area contributed by atoms with Crippen molar-refractivity contribution >= 4 is 29.0 Å². The summed E-state index contributed by atoms with van der Waals surface area (Å²) in [5.74, 6) is 0.696. The second kappa shape index (κ2) is 7.79. The van der Waals surface area contributed by atoms with E-state index in [1.807, 2.05) is 18.5 Å². The standard InChI is InChI=1S/C17H20N2OS2/c20-17(12-22-15-4-1-2-5-15)19-10-13-8-14(11-18-9-13)16-6-3-7-21-16/h3,6-9,11,15H,1-2,4-5,10,12H2,(H,19,20). The molecular formula is C17H20N2OS2. The van der Waals surface area contributed by atoms with Gasteiger partial charge in [0.05, 0.1) is 5.75 Å². The number of thiophene rings is 1. The Balaban J connectivity index is 1.48. The number of nitrogens with zero attached hydrogens (tertiary/aromatic N) is 1. The first-order chi connectivity index (χ1) is 10.8. The molecule has 1 aliphatic carbocycles. The lowest BCUT2D eigenvalue weighted by Gasteiger charge is -2.09. The van der Waals surface area contributed by atoms with Gasteiger partial charge in [-0.3, -0.25) is 9.78 Å². The third-order valence-electron chi connectivity index (χ3n) is 3.84. The Morgan fingerprint density at radius 3 is 3.00 bits per heavy atom. The third-order valence-corrected chi connectivity index (χ3v) is 6.13. The van der Waals surface area contributed by atoms with Crippen LogP contribution in [0.15, 0.2) is 36.0 Å². The molecule has 1 N–H and O–H groups in total. The Kier molecular flexibility index (Phi) is 5.51. The summed E-state index contributed by atoms with van der Waals surface area (Å²) in [5, 5.41) is 5.75. The molecule has 22 heavy (non-hydrogen) atoms. The van der Waals surface area contributed by atoms with Crippen LogP contribution >= 0.6 is 23.1 Å². The number of hydrogen-bond donors (Lipinski definition) is 1. The Labute approximate surface area is 139 Å². The van der Waals surface area contributed by atoms with Gasteiger partial charge >= 0.3 is 0 Å². The molecule has 1 saturated carbocycles. The van der Waals surface area contributed by atoms with Crippen LogP contribution in [0.4, 0.5) is 0 Å². The highest BCUT2D eigenvalue weighted by Gasteiger charge is 2.16. The lowest BCUT2D eigenvalue weighted by Crippen LogP contribution is -2.25. The number of pyridine rings is 1. The SMILES string of the molecule is O=C(CSC1CCCC1)NCc1cncc(-c2cccs2)c1. The maximum Gasteiger partial charge on any atom is 0.230 e. The predicted octanol–water partition coefficient (Wildman–Crippen LogP) is 4.10. The van der Waals surface area contributed by atoms with Crippen molar-refractivity contribution in [3.8, 4) is 10.4 Å². The summed E-state index contributed by atoms with van der Waals surface area (Å²) < 4.78 is 0. The zero-order valence-corrected chi connectivity index (χ0v) is 14.1. The number of thioether (sulfide) groups is 1. The highest BCUT2D eigenvalue weighted by atomic mass is 32.2. The van der Waals surface area contributed by atoms with Crippen molar-refractivity contribution in [1.82, 2.24) is 10.3 Å². The number of nitrogens with one attached hydrogen (secondary N) is 1. The summed E-state index contributed by atoms with van der Waals surface area (Å²) in [4.78, 5) is 17.4. The fourth-order valence-electron chi connectivity index (χ4n) is 2.66. The van der Waals surface area contributed by atoms with E-state index >= 15 is 0 Å². The van der Waals surface area contributed by atoms with Gasteiger partial charge in [0.1, 0.15) is 0 Å². The highest BCUT2D eigenvalue weighted by Crippen LogP contribution is 2.29. The van der Waals surface area contributed by atoms with Gasteiger partial charge in [0.2, 0.25) is 5.91 Å². The van der Waals surface area contributed by atoms with Gasteiger partial charge in [0.15, 0.2) is 0 Å². The Bertz CT molecular complexity index is 607. The molecule has 1 amide bonds. The molecule has 0 atom stereocenters. The van der Waals surface area contributed by atoms with Crippen LogP contribution in [0.1, 0.15) is 31.2 Å². The molecule has 1 fully saturated rings. The van der Waals surface area contributed by atoms with Crippen LogP contribution in [0.2, 0.25) is 0 Å². The predicted molar refractivity (Wildman–Crippen MR) is 94.1 cm³/mol. The zero-order chi connectivity index (χ0) is 15.2. The average molecular weight is 332 g/mol. The second-order valence-electron chi connectivity index (χ2n) is 5.55. The van der Waals surface area contributed by atoms with Crippen LogP contribution in [0.25, 0.3) is 10.4 Å². The molecule has 0 radical (unpaired) electrons. The van der Waals surface area contributed by atoms with Crippen molar-refractivity contribution in [3.63, 3.8) is 0 Å². The number of carbonyl (C=O) groups excluding carboxylic acids is 1. The molecule has 3 nitrogen and oxygen atoms in total. The van der Waals surface area contributed by atoms with Crippen molar-refractivity contribution in [2.75, 3.05) is 5.75 Å². The van der Waals surface area contributed by atoms with Crippen molar-refractivity contribution in [2.24, 2.45) is 0 Å². The average Bonchev–Trinajstić information content (AvgIpc) is 3.24. The molecule has 1 aliphatic rings. The van der Waals surface area contributed by atoms with E-state index in [0.717, 1.165) is 11.1 Å². The third kappa shape index (κ3) is 4.34. The first-order valence-electron chi connectivity index (χ1n) is 7.67. The number of carbonyl (C=O) groups is 1. The van der Waals surface area contributed by atoms with Gasteiger partial charge in [-0.1, -0.05) is 18.9 Å². The molecule has 2 aromatic rings. The van der Waals surface area contributed by atoms with Crippen molar-refractivity contribution in [1.29, 1.82) is 0 Å². The van der Waals surface area contributed by atoms with E-state index in [9.17, 15) is 4.79 Å². The minimum atomic E-state index is 0.124. The minimum absolute atomic E-state index is 0.124. The maximum atomic E-state index is 11.9. The van der Waals surface area contributed by atoms with Gasteiger partial charge in [0, 0.05) is 34.6 Å². The van der Waals surface area contributed by atoms with Gasteiger partial charge in [0.25, 0.3) is 0 Å². The van der Waals surface area contributed by atoms with Gasteiger partial charge < -0.3 is 5.32 Å². The molecule has 0 bridgehead atoms. The Morgan fingerprint density at radius 2 is 2.23 bits per heavy atom. The summed E-state index contributed by atoms with van der Waals surface area (Å²) in [5.41, 5.74) is 2.16. The molecular weight excluding hydrogens is 312 g/mol. The minimum Gasteiger partial charge on any atom is -0.351 e. The fourth-order valence-corrected chi connectivity index (χ4v) is 4.53.